The Kier molecular flexibility index (Phi) is 8.66. The number of hydrogen-bond acceptors (Lipinski definition) is 1. The Morgan fingerprint density at radius 3 is 1.30 bits per heavy atom. The van der Waals surface area contributed by atoms with E-state index in [0.29, 0.717) is 0 Å². The molecule has 0 spiro atoms. The van der Waals surface area contributed by atoms with Crippen LogP contribution in [0.4, 0.5) is 17.1 Å². The molecule has 0 saturated heterocycles. The fraction of sp³-hybridized carbons (Fsp3) is 0. The number of hydrogen-bond donors (Lipinski definition) is 0. The smallest absolute Gasteiger partial charge is 0.0540 e. The van der Waals surface area contributed by atoms with E-state index in [1.807, 2.05) is 0 Å². The van der Waals surface area contributed by atoms with E-state index in [4.69, 9.17) is 0 Å². The monoisotopic (exact) mass is 675 g/mol. The zero-order valence-corrected chi connectivity index (χ0v) is 29.3. The highest BCUT2D eigenvalue weighted by molar-refractivity contribution is 6.07. The normalized spacial score (nSPS) is 11.0. The van der Waals surface area contributed by atoms with Crippen molar-refractivity contribution in [3.05, 3.63) is 224 Å². The van der Waals surface area contributed by atoms with Crippen LogP contribution in [0.15, 0.2) is 224 Å². The molecule has 0 aliphatic carbocycles. The summed E-state index contributed by atoms with van der Waals surface area (Å²) >= 11 is 0. The summed E-state index contributed by atoms with van der Waals surface area (Å²) in [4.78, 5) is 2.42. The lowest BCUT2D eigenvalue weighted by molar-refractivity contribution is 1.28. The highest BCUT2D eigenvalue weighted by Crippen LogP contribution is 2.45. The van der Waals surface area contributed by atoms with Crippen LogP contribution in [0.1, 0.15) is 0 Å². The van der Waals surface area contributed by atoms with Gasteiger partial charge in [-0.2, -0.15) is 0 Å². The van der Waals surface area contributed by atoms with Gasteiger partial charge in [-0.05, 0) is 97.2 Å². The van der Waals surface area contributed by atoms with Crippen molar-refractivity contribution in [1.29, 1.82) is 0 Å². The van der Waals surface area contributed by atoms with Crippen LogP contribution >= 0.6 is 0 Å². The van der Waals surface area contributed by atoms with Crippen molar-refractivity contribution in [3.63, 3.8) is 0 Å². The van der Waals surface area contributed by atoms with Gasteiger partial charge in [-0.25, -0.2) is 0 Å². The van der Waals surface area contributed by atoms with Gasteiger partial charge >= 0.3 is 0 Å². The maximum atomic E-state index is 2.42. The average molecular weight is 676 g/mol. The predicted molar refractivity (Wildman–Crippen MR) is 226 cm³/mol. The molecule has 0 unspecified atom stereocenters. The lowest BCUT2D eigenvalue weighted by Crippen LogP contribution is -2.11. The summed E-state index contributed by atoms with van der Waals surface area (Å²) in [6, 6.07) is 80.9. The summed E-state index contributed by atoms with van der Waals surface area (Å²) in [5, 5.41) is 2.49. The maximum absolute atomic E-state index is 2.42. The van der Waals surface area contributed by atoms with Gasteiger partial charge in [-0.3, -0.25) is 0 Å². The summed E-state index contributed by atoms with van der Waals surface area (Å²) in [5.41, 5.74) is 15.2. The molecule has 9 aromatic carbocycles. The molecule has 0 saturated carbocycles. The molecule has 53 heavy (non-hydrogen) atoms. The second kappa shape index (κ2) is 14.3. The number of fused-ring (bicyclic) bond motifs is 1. The van der Waals surface area contributed by atoms with Gasteiger partial charge in [0.25, 0.3) is 0 Å². The van der Waals surface area contributed by atoms with Gasteiger partial charge < -0.3 is 4.90 Å². The largest absolute Gasteiger partial charge is 0.310 e. The van der Waals surface area contributed by atoms with E-state index in [0.717, 1.165) is 17.1 Å². The van der Waals surface area contributed by atoms with Crippen LogP contribution in [0.2, 0.25) is 0 Å². The van der Waals surface area contributed by atoms with Gasteiger partial charge in [0.15, 0.2) is 0 Å². The van der Waals surface area contributed by atoms with Crippen LogP contribution in [0, 0.1) is 0 Å². The van der Waals surface area contributed by atoms with E-state index in [2.05, 4.69) is 229 Å². The Morgan fingerprint density at radius 1 is 0.245 bits per heavy atom. The Morgan fingerprint density at radius 2 is 0.698 bits per heavy atom. The number of nitrogens with zero attached hydrogens (tertiary/aromatic N) is 1. The lowest BCUT2D eigenvalue weighted by Gasteiger charge is -2.29. The Labute approximate surface area is 311 Å². The first-order valence-corrected chi connectivity index (χ1v) is 18.2. The van der Waals surface area contributed by atoms with Crippen LogP contribution in [-0.2, 0) is 0 Å². The topological polar surface area (TPSA) is 3.24 Å². The van der Waals surface area contributed by atoms with E-state index < -0.39 is 0 Å². The molecule has 0 bridgehead atoms. The highest BCUT2D eigenvalue weighted by atomic mass is 15.1. The van der Waals surface area contributed by atoms with Gasteiger partial charge in [0, 0.05) is 16.9 Å². The number of benzene rings is 9. The number of anilines is 3. The van der Waals surface area contributed by atoms with E-state index in [1.165, 1.54) is 66.4 Å². The summed E-state index contributed by atoms with van der Waals surface area (Å²) in [5.74, 6) is 0. The van der Waals surface area contributed by atoms with Crippen molar-refractivity contribution in [2.24, 2.45) is 0 Å². The molecule has 1 nitrogen and oxygen atoms in total. The summed E-state index contributed by atoms with van der Waals surface area (Å²) in [6.45, 7) is 0. The Hall–Kier alpha value is -6.96. The lowest BCUT2D eigenvalue weighted by atomic mass is 9.91. The fourth-order valence-electron chi connectivity index (χ4n) is 7.50. The summed E-state index contributed by atoms with van der Waals surface area (Å²) < 4.78 is 0. The van der Waals surface area contributed by atoms with E-state index in [-0.39, 0.29) is 0 Å². The fourth-order valence-corrected chi connectivity index (χ4v) is 7.50. The second-order valence-electron chi connectivity index (χ2n) is 13.3. The first kappa shape index (κ1) is 32.0. The Bertz CT molecular complexity index is 2620. The molecular weight excluding hydrogens is 639 g/mol. The van der Waals surface area contributed by atoms with Crippen LogP contribution in [0.25, 0.3) is 66.4 Å². The third kappa shape index (κ3) is 6.42. The summed E-state index contributed by atoms with van der Waals surface area (Å²) in [7, 11) is 0. The molecule has 0 fully saturated rings. The molecular formula is C52H37N. The van der Waals surface area contributed by atoms with E-state index in [9.17, 15) is 0 Å². The quantitative estimate of drug-likeness (QED) is 0.155. The Balaban J connectivity index is 1.25. The minimum absolute atomic E-state index is 1.09. The average Bonchev–Trinajstić information content (AvgIpc) is 3.25. The van der Waals surface area contributed by atoms with Crippen LogP contribution in [0.3, 0.4) is 0 Å². The molecule has 9 rings (SSSR count). The molecule has 0 amide bonds. The van der Waals surface area contributed by atoms with Crippen LogP contribution in [0.5, 0.6) is 0 Å². The van der Waals surface area contributed by atoms with E-state index in [1.54, 1.807) is 0 Å². The van der Waals surface area contributed by atoms with E-state index >= 15 is 0 Å². The zero-order chi connectivity index (χ0) is 35.4. The summed E-state index contributed by atoms with van der Waals surface area (Å²) in [6.07, 6.45) is 0. The molecule has 0 heterocycles. The van der Waals surface area contributed by atoms with Gasteiger partial charge in [0.2, 0.25) is 0 Å². The van der Waals surface area contributed by atoms with Gasteiger partial charge in [0.1, 0.15) is 0 Å². The predicted octanol–water partition coefficient (Wildman–Crippen LogP) is 14.6. The van der Waals surface area contributed by atoms with Gasteiger partial charge in [-0.1, -0.05) is 188 Å². The van der Waals surface area contributed by atoms with Crippen molar-refractivity contribution in [1.82, 2.24) is 0 Å². The molecule has 0 N–H and O–H groups in total. The molecule has 9 aromatic rings. The third-order valence-electron chi connectivity index (χ3n) is 10.1. The highest BCUT2D eigenvalue weighted by Gasteiger charge is 2.20. The van der Waals surface area contributed by atoms with Crippen molar-refractivity contribution in [2.75, 3.05) is 4.90 Å². The van der Waals surface area contributed by atoms with Crippen LogP contribution in [-0.4, -0.2) is 0 Å². The first-order valence-electron chi connectivity index (χ1n) is 18.2. The minimum Gasteiger partial charge on any atom is -0.310 e. The zero-order valence-electron chi connectivity index (χ0n) is 29.3. The third-order valence-corrected chi connectivity index (χ3v) is 10.1. The molecule has 250 valence electrons. The van der Waals surface area contributed by atoms with Crippen molar-refractivity contribution >= 4 is 27.8 Å². The van der Waals surface area contributed by atoms with Crippen molar-refractivity contribution < 1.29 is 0 Å². The van der Waals surface area contributed by atoms with Crippen molar-refractivity contribution in [2.45, 2.75) is 0 Å². The molecule has 0 aliphatic rings. The molecule has 0 atom stereocenters. The minimum atomic E-state index is 1.09. The SMILES string of the molecule is c1ccc(-c2ccc(N(c3cccc(-c4cccc5cccc(-c6ccccc6)c45)c3)c3ccc(-c4ccccc4)cc3-c3ccccc3)cc2)cc1. The van der Waals surface area contributed by atoms with Crippen molar-refractivity contribution in [3.8, 4) is 55.6 Å². The molecule has 1 heteroatoms. The molecule has 0 aliphatic heterocycles. The maximum Gasteiger partial charge on any atom is 0.0540 e. The molecule has 0 aromatic heterocycles. The van der Waals surface area contributed by atoms with Gasteiger partial charge in [0.05, 0.1) is 5.69 Å². The second-order valence-corrected chi connectivity index (χ2v) is 13.3. The number of rotatable bonds is 8. The van der Waals surface area contributed by atoms with Crippen LogP contribution < -0.4 is 4.90 Å². The standard InChI is InChI=1S/C52H37N/c1-5-16-38(17-6-1)40-30-33-46(34-31-40)53(51-35-32-44(39-18-7-2-8-19-39)37-50(51)42-22-11-4-12-23-42)47-27-13-26-45(36-47)49-29-15-25-43-24-14-28-48(52(43)49)41-20-9-3-10-21-41/h1-37H. The first-order chi connectivity index (χ1) is 26.3. The molecule has 0 radical (unpaired) electrons. The van der Waals surface area contributed by atoms with Gasteiger partial charge in [-0.15, -0.1) is 0 Å².